The monoisotopic (exact) mass is 935 g/mol. The van der Waals surface area contributed by atoms with E-state index in [1.807, 2.05) is 176 Å². The molecule has 0 radical (unpaired) electrons. The topological polar surface area (TPSA) is 142 Å². The Labute approximate surface area is 413 Å². The Morgan fingerprint density at radius 1 is 0.357 bits per heavy atom. The molecule has 70 heavy (non-hydrogen) atoms. The van der Waals surface area contributed by atoms with E-state index in [4.69, 9.17) is 18.0 Å². The fourth-order valence-electron chi connectivity index (χ4n) is 7.43. The summed E-state index contributed by atoms with van der Waals surface area (Å²) < 4.78 is 0. The number of carbonyl (C=O) groups excluding carboxylic acids is 3. The van der Waals surface area contributed by atoms with Crippen LogP contribution in [-0.4, -0.2) is 38.4 Å². The van der Waals surface area contributed by atoms with Crippen LogP contribution in [0.1, 0.15) is 93.4 Å². The molecule has 0 aliphatic heterocycles. The van der Waals surface area contributed by atoms with Gasteiger partial charge in [-0.1, -0.05) is 237 Å². The third-order valence-electron chi connectivity index (χ3n) is 11.0. The second-order valence-electron chi connectivity index (χ2n) is 15.8. The van der Waals surface area contributed by atoms with Gasteiger partial charge >= 0.3 is 0 Å². The van der Waals surface area contributed by atoms with Gasteiger partial charge in [0.05, 0.1) is 5.71 Å². The lowest BCUT2D eigenvalue weighted by Crippen LogP contribution is -2.26. The molecule has 0 aromatic heterocycles. The summed E-state index contributed by atoms with van der Waals surface area (Å²) in [5, 5.41) is 25.6. The summed E-state index contributed by atoms with van der Waals surface area (Å²) in [6.07, 6.45) is -1.44. The number of aliphatic hydroxyl groups is 2. The third-order valence-corrected chi connectivity index (χ3v) is 11.1. The number of hydrazone groups is 1. The molecule has 9 heteroatoms. The molecule has 2 atom stereocenters. The van der Waals surface area contributed by atoms with Crippen LogP contribution in [0.2, 0.25) is 0 Å². The van der Waals surface area contributed by atoms with Crippen molar-refractivity contribution in [3.8, 4) is 0 Å². The minimum Gasteiger partial charge on any atom is -0.384 e. The van der Waals surface area contributed by atoms with E-state index in [9.17, 15) is 24.6 Å². The van der Waals surface area contributed by atoms with E-state index in [0.29, 0.717) is 44.7 Å². The Balaban J connectivity index is 0.000000155. The third kappa shape index (κ3) is 13.5. The van der Waals surface area contributed by atoms with E-state index in [1.54, 1.807) is 78.9 Å². The predicted octanol–water partition coefficient (Wildman–Crippen LogP) is 11.5. The largest absolute Gasteiger partial charge is 0.384 e. The number of benzene rings is 9. The standard InChI is InChI=1S/C21H19N3OS.C20H16O2.C20H14O2/c22-21(26)24-23-19(15-8-3-1-4-9-15)17-12-7-13-18(14-17)20(25)16-10-5-2-6-11-16;2*21-19(15-8-3-1-4-9-15)17-12-7-13-18(14-17)20(22)16-10-5-2-6-11-16/h1-14,20,25H,(H3,22,24,26);1-14,19,21H;1-14H. The number of thiocarbonyl (C=S) groups is 1. The molecule has 344 valence electrons. The van der Waals surface area contributed by atoms with Crippen LogP contribution in [0, 0.1) is 0 Å². The van der Waals surface area contributed by atoms with Crippen molar-refractivity contribution in [1.82, 2.24) is 5.43 Å². The molecule has 0 aliphatic rings. The van der Waals surface area contributed by atoms with E-state index < -0.39 is 12.2 Å². The molecule has 0 spiro atoms. The van der Waals surface area contributed by atoms with Gasteiger partial charge in [-0.2, -0.15) is 5.10 Å². The minimum atomic E-state index is -0.732. The van der Waals surface area contributed by atoms with E-state index in [0.717, 1.165) is 27.8 Å². The van der Waals surface area contributed by atoms with Gasteiger partial charge in [-0.3, -0.25) is 19.8 Å². The van der Waals surface area contributed by atoms with Crippen molar-refractivity contribution in [1.29, 1.82) is 0 Å². The molecule has 2 unspecified atom stereocenters. The van der Waals surface area contributed by atoms with Gasteiger partial charge in [0.25, 0.3) is 0 Å². The highest BCUT2D eigenvalue weighted by Gasteiger charge is 2.17. The first kappa shape index (κ1) is 49.2. The zero-order chi connectivity index (χ0) is 49.1. The number of hydrogen-bond donors (Lipinski definition) is 4. The number of nitrogens with zero attached hydrogens (tertiary/aromatic N) is 1. The quantitative estimate of drug-likeness (QED) is 0.0387. The molecule has 0 saturated carbocycles. The molecule has 0 saturated heterocycles. The van der Waals surface area contributed by atoms with E-state index in [2.05, 4.69) is 10.5 Å². The van der Waals surface area contributed by atoms with Crippen LogP contribution in [0.5, 0.6) is 0 Å². The molecule has 0 amide bonds. The predicted molar refractivity (Wildman–Crippen MR) is 282 cm³/mol. The first-order chi connectivity index (χ1) is 34.2. The fraction of sp³-hybridized carbons (Fsp3) is 0.0328. The van der Waals surface area contributed by atoms with Gasteiger partial charge in [-0.05, 0) is 52.7 Å². The smallest absolute Gasteiger partial charge is 0.193 e. The number of nitrogens with two attached hydrogens (primary N) is 1. The maximum Gasteiger partial charge on any atom is 0.193 e. The number of ketones is 3. The van der Waals surface area contributed by atoms with Crippen LogP contribution in [0.3, 0.4) is 0 Å². The van der Waals surface area contributed by atoms with Crippen molar-refractivity contribution in [3.05, 3.63) is 322 Å². The van der Waals surface area contributed by atoms with Crippen molar-refractivity contribution in [2.45, 2.75) is 12.2 Å². The van der Waals surface area contributed by atoms with Crippen LogP contribution in [0.15, 0.2) is 260 Å². The molecular formula is C61H49N3O5S. The Morgan fingerprint density at radius 3 is 1.00 bits per heavy atom. The zero-order valence-electron chi connectivity index (χ0n) is 38.0. The first-order valence-corrected chi connectivity index (χ1v) is 22.8. The highest BCUT2D eigenvalue weighted by atomic mass is 32.1. The van der Waals surface area contributed by atoms with Gasteiger partial charge in [0.2, 0.25) is 0 Å². The average Bonchev–Trinajstić information content (AvgIpc) is 3.44. The van der Waals surface area contributed by atoms with Crippen LogP contribution in [0.25, 0.3) is 0 Å². The van der Waals surface area contributed by atoms with E-state index >= 15 is 0 Å². The number of rotatable bonds is 13. The lowest BCUT2D eigenvalue weighted by atomic mass is 9.96. The van der Waals surface area contributed by atoms with Crippen LogP contribution < -0.4 is 11.2 Å². The highest BCUT2D eigenvalue weighted by Crippen LogP contribution is 2.25. The summed E-state index contributed by atoms with van der Waals surface area (Å²) in [7, 11) is 0. The van der Waals surface area contributed by atoms with E-state index in [1.165, 1.54) is 0 Å². The Hall–Kier alpha value is -8.73. The average molecular weight is 936 g/mol. The minimum absolute atomic E-state index is 0.0392. The molecule has 0 heterocycles. The van der Waals surface area contributed by atoms with Gasteiger partial charge in [-0.25, -0.2) is 0 Å². The fourth-order valence-corrected chi connectivity index (χ4v) is 7.48. The number of carbonyl (C=O) groups is 3. The van der Waals surface area contributed by atoms with Gasteiger partial charge in [0.1, 0.15) is 12.2 Å². The lowest BCUT2D eigenvalue weighted by Gasteiger charge is -2.14. The summed E-state index contributed by atoms with van der Waals surface area (Å²) in [5.41, 5.74) is 17.3. The normalized spacial score (nSPS) is 11.5. The van der Waals surface area contributed by atoms with Gasteiger partial charge < -0.3 is 15.9 Å². The Morgan fingerprint density at radius 2 is 0.629 bits per heavy atom. The number of aliphatic hydroxyl groups excluding tert-OH is 2. The van der Waals surface area contributed by atoms with Crippen LogP contribution in [-0.2, 0) is 0 Å². The maximum absolute atomic E-state index is 12.5. The molecule has 9 rings (SSSR count). The Bertz CT molecular complexity index is 3110. The van der Waals surface area contributed by atoms with Crippen molar-refractivity contribution >= 4 is 40.4 Å². The van der Waals surface area contributed by atoms with Crippen LogP contribution >= 0.6 is 12.2 Å². The van der Waals surface area contributed by atoms with Crippen molar-refractivity contribution in [2.24, 2.45) is 10.8 Å². The molecule has 0 bridgehead atoms. The Kier molecular flexibility index (Phi) is 17.5. The van der Waals surface area contributed by atoms with Gasteiger partial charge in [0, 0.05) is 44.5 Å². The highest BCUT2D eigenvalue weighted by molar-refractivity contribution is 7.80. The van der Waals surface area contributed by atoms with Gasteiger partial charge in [0.15, 0.2) is 22.5 Å². The molecule has 0 aliphatic carbocycles. The summed E-state index contributed by atoms with van der Waals surface area (Å²) in [5.74, 6) is -0.200. The maximum atomic E-state index is 12.5. The summed E-state index contributed by atoms with van der Waals surface area (Å²) in [6, 6.07) is 77.7. The first-order valence-electron chi connectivity index (χ1n) is 22.4. The van der Waals surface area contributed by atoms with E-state index in [-0.39, 0.29) is 22.5 Å². The summed E-state index contributed by atoms with van der Waals surface area (Å²) in [6.45, 7) is 0. The van der Waals surface area contributed by atoms with Crippen LogP contribution in [0.4, 0.5) is 0 Å². The number of nitrogens with one attached hydrogen (secondary N) is 1. The molecule has 8 nitrogen and oxygen atoms in total. The van der Waals surface area contributed by atoms with Crippen molar-refractivity contribution < 1.29 is 24.6 Å². The molecular weight excluding hydrogens is 887 g/mol. The molecule has 5 N–H and O–H groups in total. The van der Waals surface area contributed by atoms with Crippen molar-refractivity contribution in [3.63, 3.8) is 0 Å². The molecule has 9 aromatic carbocycles. The summed E-state index contributed by atoms with van der Waals surface area (Å²) >= 11 is 4.86. The zero-order valence-corrected chi connectivity index (χ0v) is 38.8. The molecule has 9 aromatic rings. The second-order valence-corrected chi connectivity index (χ2v) is 16.3. The summed E-state index contributed by atoms with van der Waals surface area (Å²) in [4.78, 5) is 37.4. The number of hydrogen-bond acceptors (Lipinski definition) is 7. The SMILES string of the molecule is NC(=S)NN=C(c1ccccc1)c1cccc(C(O)c2ccccc2)c1.O=C(c1ccccc1)c1cccc(C(=O)c2ccccc2)c1.O=C(c1ccccc1)c1cccc(C(O)c2ccccc2)c1. The van der Waals surface area contributed by atoms with Gasteiger partial charge in [-0.15, -0.1) is 0 Å². The second kappa shape index (κ2) is 24.9. The molecule has 0 fully saturated rings. The lowest BCUT2D eigenvalue weighted by molar-refractivity contribution is 0.102. The van der Waals surface area contributed by atoms with Crippen molar-refractivity contribution in [2.75, 3.05) is 0 Å².